The second kappa shape index (κ2) is 9.84. The van der Waals surface area contributed by atoms with Gasteiger partial charge in [-0.2, -0.15) is 0 Å². The number of hydrogen-bond donors (Lipinski definition) is 1. The summed E-state index contributed by atoms with van der Waals surface area (Å²) in [5.74, 6) is 0.0251. The molecule has 34 heavy (non-hydrogen) atoms. The number of carbonyl (C=O) groups is 2. The van der Waals surface area contributed by atoms with Crippen LogP contribution in [0.1, 0.15) is 37.7 Å². The number of fused-ring (bicyclic) bond motifs is 1. The van der Waals surface area contributed by atoms with E-state index in [4.69, 9.17) is 16.3 Å². The van der Waals surface area contributed by atoms with Crippen LogP contribution in [0.15, 0.2) is 42.5 Å². The largest absolute Gasteiger partial charge is 0.444 e. The topological polar surface area (TPSA) is 65.1 Å². The number of carbonyl (C=O) groups excluding carboxylic acids is 2. The number of benzene rings is 2. The molecule has 0 aliphatic carbocycles. The molecule has 2 aromatic carbocycles. The second-order valence-corrected chi connectivity index (χ2v) is 9.87. The quantitative estimate of drug-likeness (QED) is 0.657. The van der Waals surface area contributed by atoms with E-state index in [-0.39, 0.29) is 18.0 Å². The summed E-state index contributed by atoms with van der Waals surface area (Å²) in [6.07, 6.45) is 4.11. The van der Waals surface area contributed by atoms with Gasteiger partial charge in [0.05, 0.1) is 16.4 Å². The molecule has 2 saturated heterocycles. The van der Waals surface area contributed by atoms with Crippen molar-refractivity contribution in [1.29, 1.82) is 0 Å². The fourth-order valence-electron chi connectivity index (χ4n) is 5.39. The Balaban J connectivity index is 1.20. The highest BCUT2D eigenvalue weighted by Crippen LogP contribution is 2.35. The fourth-order valence-corrected chi connectivity index (χ4v) is 5.69. The monoisotopic (exact) mass is 482 g/mol. The molecule has 0 spiro atoms. The molecule has 0 aromatic heterocycles. The van der Waals surface area contributed by atoms with Gasteiger partial charge in [-0.25, -0.2) is 4.79 Å². The van der Waals surface area contributed by atoms with Gasteiger partial charge < -0.3 is 19.9 Å². The van der Waals surface area contributed by atoms with E-state index in [9.17, 15) is 9.59 Å². The minimum Gasteiger partial charge on any atom is -0.444 e. The van der Waals surface area contributed by atoms with Gasteiger partial charge in [-0.15, -0.1) is 0 Å². The number of anilines is 3. The molecule has 3 aliphatic rings. The Labute approximate surface area is 205 Å². The average Bonchev–Trinajstić information content (AvgIpc) is 3.23. The summed E-state index contributed by atoms with van der Waals surface area (Å²) in [7, 11) is 2.08. The van der Waals surface area contributed by atoms with Crippen LogP contribution in [0.2, 0.25) is 5.02 Å². The lowest BCUT2D eigenvalue weighted by atomic mass is 10.00. The number of likely N-dealkylation sites (tertiary alicyclic amines) is 1. The first-order valence-electron chi connectivity index (χ1n) is 12.1. The third-order valence-electron chi connectivity index (χ3n) is 7.29. The van der Waals surface area contributed by atoms with Gasteiger partial charge in [0.1, 0.15) is 6.61 Å². The molecular formula is C26H31ClN4O3. The molecule has 3 aliphatic heterocycles. The number of halogens is 1. The van der Waals surface area contributed by atoms with Crippen LogP contribution in [0, 0.1) is 0 Å². The number of cyclic esters (lactones) is 1. The number of hydrogen-bond acceptors (Lipinski definition) is 5. The Kier molecular flexibility index (Phi) is 6.66. The Morgan fingerprint density at radius 2 is 1.88 bits per heavy atom. The number of amides is 2. The van der Waals surface area contributed by atoms with Crippen molar-refractivity contribution in [2.45, 2.75) is 50.8 Å². The highest BCUT2D eigenvalue weighted by molar-refractivity contribution is 6.33. The first kappa shape index (κ1) is 23.0. The predicted octanol–water partition coefficient (Wildman–Crippen LogP) is 4.89. The standard InChI is InChI=1S/C26H31ClN4O3/c1-29-12-4-6-21(29)16-25(32)28-19-8-9-24(22(27)15-19)30-13-10-20(11-14-30)31-23-7-3-2-5-18(23)17-34-26(31)33/h2-3,5,7-9,15,20-21H,4,6,10-14,16-17H2,1H3,(H,28,32)/t21-/m0/s1. The molecule has 2 amide bonds. The van der Waals surface area contributed by atoms with E-state index in [0.717, 1.165) is 67.9 Å². The van der Waals surface area contributed by atoms with E-state index in [0.29, 0.717) is 24.1 Å². The molecular weight excluding hydrogens is 452 g/mol. The minimum atomic E-state index is -0.265. The Bertz CT molecular complexity index is 1070. The van der Waals surface area contributed by atoms with E-state index >= 15 is 0 Å². The van der Waals surface area contributed by atoms with Crippen LogP contribution in [0.3, 0.4) is 0 Å². The number of rotatable bonds is 5. The van der Waals surface area contributed by atoms with E-state index in [1.54, 1.807) is 0 Å². The third kappa shape index (κ3) is 4.72. The van der Waals surface area contributed by atoms with Crippen molar-refractivity contribution in [3.8, 4) is 0 Å². The predicted molar refractivity (Wildman–Crippen MR) is 135 cm³/mol. The van der Waals surface area contributed by atoms with Gasteiger partial charge in [-0.3, -0.25) is 9.69 Å². The zero-order valence-electron chi connectivity index (χ0n) is 19.5. The molecule has 5 rings (SSSR count). The summed E-state index contributed by atoms with van der Waals surface area (Å²) in [4.78, 5) is 31.3. The summed E-state index contributed by atoms with van der Waals surface area (Å²) in [6.45, 7) is 2.97. The van der Waals surface area contributed by atoms with Gasteiger partial charge in [0.15, 0.2) is 0 Å². The zero-order chi connectivity index (χ0) is 23.7. The summed E-state index contributed by atoms with van der Waals surface area (Å²) < 4.78 is 5.41. The number of nitrogens with one attached hydrogen (secondary N) is 1. The summed E-state index contributed by atoms with van der Waals surface area (Å²) in [6, 6.07) is 14.1. The Morgan fingerprint density at radius 3 is 2.62 bits per heavy atom. The van der Waals surface area contributed by atoms with Crippen molar-refractivity contribution >= 4 is 40.7 Å². The van der Waals surface area contributed by atoms with E-state index in [1.807, 2.05) is 47.4 Å². The van der Waals surface area contributed by atoms with E-state index < -0.39 is 0 Å². The van der Waals surface area contributed by atoms with Crippen molar-refractivity contribution in [2.24, 2.45) is 0 Å². The first-order valence-corrected chi connectivity index (χ1v) is 12.5. The van der Waals surface area contributed by atoms with Crippen molar-refractivity contribution in [1.82, 2.24) is 4.90 Å². The van der Waals surface area contributed by atoms with Crippen molar-refractivity contribution < 1.29 is 14.3 Å². The third-order valence-corrected chi connectivity index (χ3v) is 7.60. The van der Waals surface area contributed by atoms with Gasteiger partial charge in [-0.05, 0) is 63.5 Å². The Morgan fingerprint density at radius 1 is 1.09 bits per heavy atom. The van der Waals surface area contributed by atoms with Crippen LogP contribution < -0.4 is 15.1 Å². The molecule has 3 heterocycles. The SMILES string of the molecule is CN1CCC[C@H]1CC(=O)Nc1ccc(N2CCC(N3C(=O)OCc4ccccc43)CC2)c(Cl)c1. The fraction of sp³-hybridized carbons (Fsp3) is 0.462. The van der Waals surface area contributed by atoms with Crippen LogP contribution in [0.25, 0.3) is 0 Å². The summed E-state index contributed by atoms with van der Waals surface area (Å²) in [5.41, 5.74) is 3.68. The molecule has 2 aromatic rings. The van der Waals surface area contributed by atoms with Gasteiger partial charge in [0.25, 0.3) is 0 Å². The molecule has 2 fully saturated rings. The zero-order valence-corrected chi connectivity index (χ0v) is 20.3. The number of nitrogens with zero attached hydrogens (tertiary/aromatic N) is 3. The number of ether oxygens (including phenoxy) is 1. The van der Waals surface area contributed by atoms with Gasteiger partial charge in [0, 0.05) is 42.8 Å². The van der Waals surface area contributed by atoms with E-state index in [1.165, 1.54) is 0 Å². The molecule has 1 N–H and O–H groups in total. The van der Waals surface area contributed by atoms with Crippen LogP contribution in [-0.2, 0) is 16.1 Å². The maximum Gasteiger partial charge on any atom is 0.414 e. The highest BCUT2D eigenvalue weighted by atomic mass is 35.5. The molecule has 8 heteroatoms. The maximum absolute atomic E-state index is 12.5. The minimum absolute atomic E-state index is 0.0251. The Hall–Kier alpha value is -2.77. The van der Waals surface area contributed by atoms with Crippen LogP contribution in [0.4, 0.5) is 21.9 Å². The van der Waals surface area contributed by atoms with Crippen molar-refractivity contribution in [3.05, 3.63) is 53.1 Å². The van der Waals surface area contributed by atoms with Gasteiger partial charge in [0.2, 0.25) is 5.91 Å². The number of piperidine rings is 1. The van der Waals surface area contributed by atoms with Crippen LogP contribution in [-0.4, -0.2) is 55.7 Å². The lowest BCUT2D eigenvalue weighted by Crippen LogP contribution is -2.49. The van der Waals surface area contributed by atoms with Crippen molar-refractivity contribution in [3.63, 3.8) is 0 Å². The summed E-state index contributed by atoms with van der Waals surface area (Å²) >= 11 is 6.63. The van der Waals surface area contributed by atoms with Crippen LogP contribution in [0.5, 0.6) is 0 Å². The van der Waals surface area contributed by atoms with E-state index in [2.05, 4.69) is 22.2 Å². The lowest BCUT2D eigenvalue weighted by molar-refractivity contribution is -0.117. The highest BCUT2D eigenvalue weighted by Gasteiger charge is 2.34. The van der Waals surface area contributed by atoms with Crippen molar-refractivity contribution in [2.75, 3.05) is 41.8 Å². The average molecular weight is 483 g/mol. The molecule has 0 radical (unpaired) electrons. The molecule has 1 atom stereocenters. The lowest BCUT2D eigenvalue weighted by Gasteiger charge is -2.41. The normalized spacial score (nSPS) is 21.4. The number of para-hydroxylation sites is 1. The van der Waals surface area contributed by atoms with Gasteiger partial charge in [-0.1, -0.05) is 29.8 Å². The maximum atomic E-state index is 12.5. The molecule has 0 saturated carbocycles. The smallest absolute Gasteiger partial charge is 0.414 e. The first-order chi connectivity index (χ1) is 16.5. The summed E-state index contributed by atoms with van der Waals surface area (Å²) in [5, 5.41) is 3.62. The molecule has 0 bridgehead atoms. The molecule has 7 nitrogen and oxygen atoms in total. The molecule has 0 unspecified atom stereocenters. The van der Waals surface area contributed by atoms with Gasteiger partial charge >= 0.3 is 6.09 Å². The second-order valence-electron chi connectivity index (χ2n) is 9.47. The van der Waals surface area contributed by atoms with Crippen LogP contribution >= 0.6 is 11.6 Å². The molecule has 180 valence electrons.